The summed E-state index contributed by atoms with van der Waals surface area (Å²) in [4.78, 5) is 45.5. The van der Waals surface area contributed by atoms with E-state index in [1.165, 1.54) is 30.3 Å². The van der Waals surface area contributed by atoms with Gasteiger partial charge >= 0.3 is 11.7 Å². The smallest absolute Gasteiger partial charge is 0.360 e. The molecular formula is C18H14N4O7. The normalized spacial score (nSPS) is 10.2. The van der Waals surface area contributed by atoms with E-state index in [4.69, 9.17) is 9.15 Å². The number of hydrogen-bond acceptors (Lipinski definition) is 7. The van der Waals surface area contributed by atoms with Crippen LogP contribution in [0.3, 0.4) is 0 Å². The number of anilines is 1. The molecular weight excluding hydrogens is 384 g/mol. The number of rotatable bonds is 5. The molecule has 0 aliphatic heterocycles. The molecule has 3 aromatic rings. The Labute approximate surface area is 162 Å². The molecule has 0 aliphatic carbocycles. The number of amides is 3. The number of hydrazine groups is 1. The Balaban J connectivity index is 1.49. The van der Waals surface area contributed by atoms with Gasteiger partial charge in [-0.3, -0.25) is 20.3 Å². The standard InChI is InChI=1S/C18H14N4O7/c23-16(10-28-13-7-5-12(6-8-13)22(26)27)20-21-18(25)19-14-9-11-3-1-2-4-15(11)29-17(14)24/h1-9H,10H2,(H,20,23)(H2,19,21,25). The van der Waals surface area contributed by atoms with E-state index >= 15 is 0 Å². The number of nitro groups is 1. The van der Waals surface area contributed by atoms with Crippen LogP contribution < -0.4 is 26.5 Å². The highest BCUT2D eigenvalue weighted by atomic mass is 16.6. The Kier molecular flexibility index (Phi) is 5.69. The first kappa shape index (κ1) is 19.4. The van der Waals surface area contributed by atoms with Gasteiger partial charge in [0.05, 0.1) is 4.92 Å². The molecule has 0 unspecified atom stereocenters. The van der Waals surface area contributed by atoms with Crippen LogP contribution in [-0.2, 0) is 4.79 Å². The van der Waals surface area contributed by atoms with Crippen LogP contribution >= 0.6 is 0 Å². The van der Waals surface area contributed by atoms with Crippen molar-refractivity contribution >= 4 is 34.3 Å². The van der Waals surface area contributed by atoms with Gasteiger partial charge in [-0.2, -0.15) is 0 Å². The van der Waals surface area contributed by atoms with Gasteiger partial charge in [-0.05, 0) is 24.3 Å². The quantitative estimate of drug-likeness (QED) is 0.337. The number of urea groups is 1. The molecule has 0 bridgehead atoms. The minimum absolute atomic E-state index is 0.0995. The summed E-state index contributed by atoms with van der Waals surface area (Å²) in [6.45, 7) is -0.448. The number of fused-ring (bicyclic) bond motifs is 1. The number of hydrogen-bond donors (Lipinski definition) is 3. The number of carbonyl (C=O) groups excluding carboxylic acids is 2. The summed E-state index contributed by atoms with van der Waals surface area (Å²) in [5.74, 6) is -0.451. The van der Waals surface area contributed by atoms with Gasteiger partial charge in [-0.15, -0.1) is 0 Å². The van der Waals surface area contributed by atoms with Crippen molar-refractivity contribution in [2.24, 2.45) is 0 Å². The minimum atomic E-state index is -0.865. The predicted octanol–water partition coefficient (Wildman–Crippen LogP) is 1.93. The van der Waals surface area contributed by atoms with Crippen molar-refractivity contribution in [1.29, 1.82) is 0 Å². The number of nitrogens with zero attached hydrogens (tertiary/aromatic N) is 1. The molecule has 11 nitrogen and oxygen atoms in total. The van der Waals surface area contributed by atoms with Crippen LogP contribution in [0.2, 0.25) is 0 Å². The lowest BCUT2D eigenvalue weighted by Crippen LogP contribution is -2.46. The molecule has 0 saturated carbocycles. The zero-order valence-electron chi connectivity index (χ0n) is 14.7. The number of non-ortho nitro benzene ring substituents is 1. The largest absolute Gasteiger partial charge is 0.484 e. The minimum Gasteiger partial charge on any atom is -0.484 e. The van der Waals surface area contributed by atoms with Crippen molar-refractivity contribution in [3.63, 3.8) is 0 Å². The topological polar surface area (TPSA) is 153 Å². The first-order valence-electron chi connectivity index (χ1n) is 8.18. The number of carbonyl (C=O) groups is 2. The summed E-state index contributed by atoms with van der Waals surface area (Å²) in [5.41, 5.74) is 3.58. The number of benzene rings is 2. The molecule has 0 fully saturated rings. The van der Waals surface area contributed by atoms with E-state index in [9.17, 15) is 24.5 Å². The third-order valence-corrected chi connectivity index (χ3v) is 3.62. The Morgan fingerprint density at radius 1 is 1.07 bits per heavy atom. The monoisotopic (exact) mass is 398 g/mol. The summed E-state index contributed by atoms with van der Waals surface area (Å²) in [5, 5.41) is 13.5. The van der Waals surface area contributed by atoms with Crippen LogP contribution in [0, 0.1) is 10.1 Å². The lowest BCUT2D eigenvalue weighted by atomic mass is 10.2. The van der Waals surface area contributed by atoms with Gasteiger partial charge in [0.2, 0.25) is 0 Å². The summed E-state index contributed by atoms with van der Waals surface area (Å²) < 4.78 is 10.2. The fourth-order valence-corrected chi connectivity index (χ4v) is 2.28. The van der Waals surface area contributed by atoms with Crippen LogP contribution in [0.1, 0.15) is 0 Å². The fraction of sp³-hybridized carbons (Fsp3) is 0.0556. The summed E-state index contributed by atoms with van der Waals surface area (Å²) >= 11 is 0. The molecule has 2 aromatic carbocycles. The van der Waals surface area contributed by atoms with Crippen LogP contribution in [0.5, 0.6) is 5.75 Å². The molecule has 0 spiro atoms. The highest BCUT2D eigenvalue weighted by molar-refractivity contribution is 5.92. The van der Waals surface area contributed by atoms with E-state index in [1.807, 2.05) is 0 Å². The zero-order valence-corrected chi connectivity index (χ0v) is 14.7. The number of ether oxygens (including phenoxy) is 1. The van der Waals surface area contributed by atoms with Crippen molar-refractivity contribution in [1.82, 2.24) is 10.9 Å². The van der Waals surface area contributed by atoms with Crippen LogP contribution in [0.25, 0.3) is 11.0 Å². The lowest BCUT2D eigenvalue weighted by Gasteiger charge is -2.09. The Hall–Kier alpha value is -4.41. The molecule has 0 saturated heterocycles. The molecule has 3 N–H and O–H groups in total. The molecule has 3 amide bonds. The van der Waals surface area contributed by atoms with Gasteiger partial charge < -0.3 is 14.5 Å². The second kappa shape index (κ2) is 8.52. The van der Waals surface area contributed by atoms with Gasteiger partial charge in [0.1, 0.15) is 17.0 Å². The third kappa shape index (κ3) is 5.07. The number of para-hydroxylation sites is 1. The SMILES string of the molecule is O=C(COc1ccc([N+](=O)[O-])cc1)NNC(=O)Nc1cc2ccccc2oc1=O. The fourth-order valence-electron chi connectivity index (χ4n) is 2.28. The maximum atomic E-state index is 11.9. The van der Waals surface area contributed by atoms with Gasteiger partial charge in [0.15, 0.2) is 6.61 Å². The number of nitrogens with one attached hydrogen (secondary N) is 3. The third-order valence-electron chi connectivity index (χ3n) is 3.62. The van der Waals surface area contributed by atoms with Crippen molar-refractivity contribution in [3.05, 3.63) is 75.1 Å². The zero-order chi connectivity index (χ0) is 20.8. The molecule has 0 atom stereocenters. The molecule has 1 aromatic heterocycles. The predicted molar refractivity (Wildman–Crippen MR) is 101 cm³/mol. The van der Waals surface area contributed by atoms with Gasteiger partial charge in [0.25, 0.3) is 11.6 Å². The van der Waals surface area contributed by atoms with Crippen molar-refractivity contribution < 1.29 is 23.7 Å². The summed E-state index contributed by atoms with van der Waals surface area (Å²) in [6, 6.07) is 12.5. The molecule has 0 aliphatic rings. The second-order valence-corrected chi connectivity index (χ2v) is 5.65. The van der Waals surface area contributed by atoms with Crippen LogP contribution in [0.15, 0.2) is 63.8 Å². The van der Waals surface area contributed by atoms with E-state index < -0.39 is 29.1 Å². The van der Waals surface area contributed by atoms with Crippen LogP contribution in [-0.4, -0.2) is 23.5 Å². The highest BCUT2D eigenvalue weighted by Crippen LogP contribution is 2.17. The van der Waals surface area contributed by atoms with E-state index in [2.05, 4.69) is 16.2 Å². The van der Waals surface area contributed by atoms with E-state index in [1.54, 1.807) is 24.3 Å². The molecule has 11 heteroatoms. The molecule has 1 heterocycles. The summed E-state index contributed by atoms with van der Waals surface area (Å²) in [7, 11) is 0. The Morgan fingerprint density at radius 2 is 1.79 bits per heavy atom. The molecule has 148 valence electrons. The first-order chi connectivity index (χ1) is 13.9. The van der Waals surface area contributed by atoms with Gasteiger partial charge in [-0.1, -0.05) is 18.2 Å². The highest BCUT2D eigenvalue weighted by Gasteiger charge is 2.11. The van der Waals surface area contributed by atoms with Crippen molar-refractivity contribution in [3.8, 4) is 5.75 Å². The lowest BCUT2D eigenvalue weighted by molar-refractivity contribution is -0.384. The summed E-state index contributed by atoms with van der Waals surface area (Å²) in [6.07, 6.45) is 0. The van der Waals surface area contributed by atoms with E-state index in [-0.39, 0.29) is 17.1 Å². The first-order valence-corrected chi connectivity index (χ1v) is 8.18. The van der Waals surface area contributed by atoms with Crippen LogP contribution in [0.4, 0.5) is 16.2 Å². The Bertz CT molecular complexity index is 1130. The van der Waals surface area contributed by atoms with Crippen molar-refractivity contribution in [2.45, 2.75) is 0 Å². The number of nitro benzene ring substituents is 1. The maximum absolute atomic E-state index is 11.9. The van der Waals surface area contributed by atoms with Gasteiger partial charge in [0, 0.05) is 17.5 Å². The van der Waals surface area contributed by atoms with Gasteiger partial charge in [-0.25, -0.2) is 15.0 Å². The Morgan fingerprint density at radius 3 is 2.52 bits per heavy atom. The maximum Gasteiger partial charge on any atom is 0.360 e. The average molecular weight is 398 g/mol. The van der Waals surface area contributed by atoms with Crippen molar-refractivity contribution in [2.75, 3.05) is 11.9 Å². The van der Waals surface area contributed by atoms with E-state index in [0.29, 0.717) is 11.0 Å². The second-order valence-electron chi connectivity index (χ2n) is 5.65. The van der Waals surface area contributed by atoms with E-state index in [0.717, 1.165) is 0 Å². The average Bonchev–Trinajstić information content (AvgIpc) is 2.71. The molecule has 3 rings (SSSR count). The molecule has 0 radical (unpaired) electrons. The molecule has 29 heavy (non-hydrogen) atoms.